The van der Waals surface area contributed by atoms with Gasteiger partial charge in [0.15, 0.2) is 0 Å². The molecule has 0 amide bonds. The van der Waals surface area contributed by atoms with Crippen molar-refractivity contribution in [2.45, 2.75) is 31.8 Å². The highest BCUT2D eigenvalue weighted by Crippen LogP contribution is 2.42. The van der Waals surface area contributed by atoms with Gasteiger partial charge in [-0.05, 0) is 42.9 Å². The number of halogens is 1. The lowest BCUT2D eigenvalue weighted by Crippen LogP contribution is -2.26. The van der Waals surface area contributed by atoms with Crippen LogP contribution < -0.4 is 5.32 Å². The molecule has 0 heterocycles. The van der Waals surface area contributed by atoms with Crippen molar-refractivity contribution in [1.29, 1.82) is 0 Å². The molecule has 0 aromatic heterocycles. The highest BCUT2D eigenvalue weighted by Gasteiger charge is 2.33. The Morgan fingerprint density at radius 2 is 1.65 bits per heavy atom. The normalized spacial score (nSPS) is 17.7. The fourth-order valence-electron chi connectivity index (χ4n) is 2.78. The third-order valence-electron chi connectivity index (χ3n) is 4.05. The Hall–Kier alpha value is -1.12. The van der Waals surface area contributed by atoms with Gasteiger partial charge in [0.2, 0.25) is 0 Å². The van der Waals surface area contributed by atoms with Crippen molar-refractivity contribution in [3.63, 3.8) is 0 Å². The first-order valence-corrected chi connectivity index (χ1v) is 8.10. The number of hydrogen-bond acceptors (Lipinski definition) is 1. The van der Waals surface area contributed by atoms with Gasteiger partial charge < -0.3 is 5.32 Å². The van der Waals surface area contributed by atoms with Crippen LogP contribution in [0.3, 0.4) is 0 Å². The summed E-state index contributed by atoms with van der Waals surface area (Å²) in [6, 6.07) is 20.1. The molecule has 20 heavy (non-hydrogen) atoms. The number of hydrogen-bond donors (Lipinski definition) is 1. The van der Waals surface area contributed by atoms with Crippen molar-refractivity contribution < 1.29 is 0 Å². The second-order valence-electron chi connectivity index (χ2n) is 5.64. The van der Waals surface area contributed by atoms with E-state index in [0.717, 1.165) is 5.92 Å². The smallest absolute Gasteiger partial charge is 0.0353 e. The van der Waals surface area contributed by atoms with E-state index in [9.17, 15) is 0 Å². The SMILES string of the molecule is CC(NC(c1ccccc1)C1CC1)c1ccccc1Br. The minimum atomic E-state index is 0.344. The highest BCUT2D eigenvalue weighted by atomic mass is 79.9. The summed E-state index contributed by atoms with van der Waals surface area (Å²) in [5, 5.41) is 3.82. The molecule has 0 aliphatic heterocycles. The molecule has 3 rings (SSSR count). The molecule has 0 saturated heterocycles. The summed E-state index contributed by atoms with van der Waals surface area (Å²) in [4.78, 5) is 0. The minimum Gasteiger partial charge on any atom is -0.303 e. The summed E-state index contributed by atoms with van der Waals surface area (Å²) in [5.41, 5.74) is 2.74. The standard InChI is InChI=1S/C18H20BrN/c1-13(16-9-5-6-10-17(16)19)20-18(15-11-12-15)14-7-3-2-4-8-14/h2-10,13,15,18,20H,11-12H2,1H3. The highest BCUT2D eigenvalue weighted by molar-refractivity contribution is 9.10. The van der Waals surface area contributed by atoms with Crippen molar-refractivity contribution in [3.8, 4) is 0 Å². The Morgan fingerprint density at radius 1 is 1.00 bits per heavy atom. The Kier molecular flexibility index (Phi) is 4.23. The van der Waals surface area contributed by atoms with Crippen LogP contribution in [0.1, 0.15) is 43.0 Å². The summed E-state index contributed by atoms with van der Waals surface area (Å²) >= 11 is 3.66. The fourth-order valence-corrected chi connectivity index (χ4v) is 3.41. The lowest BCUT2D eigenvalue weighted by atomic mass is 9.99. The first kappa shape index (κ1) is 13.8. The van der Waals surface area contributed by atoms with Crippen LogP contribution in [0.15, 0.2) is 59.1 Å². The van der Waals surface area contributed by atoms with E-state index >= 15 is 0 Å². The van der Waals surface area contributed by atoms with Gasteiger partial charge in [0.25, 0.3) is 0 Å². The second-order valence-corrected chi connectivity index (χ2v) is 6.49. The Balaban J connectivity index is 1.79. The second kappa shape index (κ2) is 6.11. The van der Waals surface area contributed by atoms with Crippen molar-refractivity contribution in [2.75, 3.05) is 0 Å². The Bertz CT molecular complexity index is 563. The van der Waals surface area contributed by atoms with E-state index < -0.39 is 0 Å². The summed E-state index contributed by atoms with van der Waals surface area (Å²) in [6.45, 7) is 2.25. The maximum Gasteiger partial charge on any atom is 0.0353 e. The molecular weight excluding hydrogens is 310 g/mol. The van der Waals surface area contributed by atoms with Gasteiger partial charge in [-0.15, -0.1) is 0 Å². The quantitative estimate of drug-likeness (QED) is 0.789. The van der Waals surface area contributed by atoms with Crippen molar-refractivity contribution >= 4 is 15.9 Å². The lowest BCUT2D eigenvalue weighted by Gasteiger charge is -2.24. The van der Waals surface area contributed by atoms with Crippen LogP contribution in [0.5, 0.6) is 0 Å². The molecule has 1 N–H and O–H groups in total. The molecule has 1 fully saturated rings. The maximum absolute atomic E-state index is 3.82. The Morgan fingerprint density at radius 3 is 2.30 bits per heavy atom. The predicted octanol–water partition coefficient (Wildman–Crippen LogP) is 5.25. The molecule has 1 nitrogen and oxygen atoms in total. The van der Waals surface area contributed by atoms with Crippen LogP contribution in [-0.4, -0.2) is 0 Å². The zero-order valence-corrected chi connectivity index (χ0v) is 13.3. The van der Waals surface area contributed by atoms with E-state index in [1.807, 2.05) is 0 Å². The van der Waals surface area contributed by atoms with E-state index in [0.29, 0.717) is 12.1 Å². The van der Waals surface area contributed by atoms with Crippen LogP contribution in [0, 0.1) is 5.92 Å². The molecule has 2 aromatic rings. The van der Waals surface area contributed by atoms with E-state index in [4.69, 9.17) is 0 Å². The summed E-state index contributed by atoms with van der Waals surface area (Å²) in [5.74, 6) is 0.794. The van der Waals surface area contributed by atoms with Gasteiger partial charge in [0, 0.05) is 16.6 Å². The average molecular weight is 330 g/mol. The van der Waals surface area contributed by atoms with Gasteiger partial charge in [-0.3, -0.25) is 0 Å². The van der Waals surface area contributed by atoms with Crippen molar-refractivity contribution in [3.05, 3.63) is 70.2 Å². The van der Waals surface area contributed by atoms with Crippen LogP contribution in [0.4, 0.5) is 0 Å². The van der Waals surface area contributed by atoms with E-state index in [1.54, 1.807) is 0 Å². The van der Waals surface area contributed by atoms with Gasteiger partial charge in [-0.1, -0.05) is 64.5 Å². The van der Waals surface area contributed by atoms with Crippen LogP contribution >= 0.6 is 15.9 Å². The van der Waals surface area contributed by atoms with Crippen LogP contribution in [-0.2, 0) is 0 Å². The molecule has 2 heteroatoms. The van der Waals surface area contributed by atoms with Gasteiger partial charge in [-0.2, -0.15) is 0 Å². The third-order valence-corrected chi connectivity index (χ3v) is 4.78. The largest absolute Gasteiger partial charge is 0.303 e. The number of rotatable bonds is 5. The van der Waals surface area contributed by atoms with Crippen molar-refractivity contribution in [1.82, 2.24) is 5.32 Å². The van der Waals surface area contributed by atoms with Gasteiger partial charge >= 0.3 is 0 Å². The number of nitrogens with one attached hydrogen (secondary N) is 1. The van der Waals surface area contributed by atoms with E-state index in [2.05, 4.69) is 82.8 Å². The van der Waals surface area contributed by atoms with E-state index in [-0.39, 0.29) is 0 Å². The molecule has 2 aromatic carbocycles. The zero-order valence-electron chi connectivity index (χ0n) is 11.7. The average Bonchev–Trinajstić information content (AvgIpc) is 3.30. The molecule has 104 valence electrons. The first-order chi connectivity index (χ1) is 9.75. The molecular formula is C18H20BrN. The lowest BCUT2D eigenvalue weighted by molar-refractivity contribution is 0.427. The minimum absolute atomic E-state index is 0.344. The molecule has 0 bridgehead atoms. The first-order valence-electron chi connectivity index (χ1n) is 7.31. The van der Waals surface area contributed by atoms with Gasteiger partial charge in [-0.25, -0.2) is 0 Å². The third kappa shape index (κ3) is 3.13. The molecule has 1 aliphatic carbocycles. The maximum atomic E-state index is 3.82. The molecule has 1 aliphatic rings. The molecule has 1 saturated carbocycles. The van der Waals surface area contributed by atoms with Crippen LogP contribution in [0.25, 0.3) is 0 Å². The van der Waals surface area contributed by atoms with E-state index in [1.165, 1.54) is 28.4 Å². The topological polar surface area (TPSA) is 12.0 Å². The predicted molar refractivity (Wildman–Crippen MR) is 87.6 cm³/mol. The van der Waals surface area contributed by atoms with Gasteiger partial charge in [0.1, 0.15) is 0 Å². The summed E-state index contributed by atoms with van der Waals surface area (Å²) in [7, 11) is 0. The van der Waals surface area contributed by atoms with Crippen molar-refractivity contribution in [2.24, 2.45) is 5.92 Å². The zero-order chi connectivity index (χ0) is 13.9. The monoisotopic (exact) mass is 329 g/mol. The number of benzene rings is 2. The van der Waals surface area contributed by atoms with Crippen LogP contribution in [0.2, 0.25) is 0 Å². The molecule has 0 spiro atoms. The summed E-state index contributed by atoms with van der Waals surface area (Å²) < 4.78 is 1.18. The molecule has 2 unspecified atom stereocenters. The van der Waals surface area contributed by atoms with Gasteiger partial charge in [0.05, 0.1) is 0 Å². The summed E-state index contributed by atoms with van der Waals surface area (Å²) in [6.07, 6.45) is 2.69. The molecule has 2 atom stereocenters. The molecule has 0 radical (unpaired) electrons. The fraction of sp³-hybridized carbons (Fsp3) is 0.333. The Labute approximate surface area is 129 Å².